The Morgan fingerprint density at radius 2 is 1.13 bits per heavy atom. The fourth-order valence-corrected chi connectivity index (χ4v) is 5.36. The molecule has 7 rings (SSSR count). The first-order valence-electron chi connectivity index (χ1n) is 14.2. The average Bonchev–Trinajstić information content (AvgIpc) is 3.72. The quantitative estimate of drug-likeness (QED) is 0.134. The molecule has 0 aliphatic heterocycles. The highest BCUT2D eigenvalue weighted by Crippen LogP contribution is 2.26. The number of nitrogens with one attached hydrogen (secondary N) is 4. The molecule has 0 saturated carbocycles. The second kappa shape index (κ2) is 11.6. The van der Waals surface area contributed by atoms with Crippen LogP contribution in [0.3, 0.4) is 0 Å². The largest absolute Gasteiger partial charge is 0.359 e. The van der Waals surface area contributed by atoms with E-state index in [2.05, 4.69) is 42.7 Å². The molecule has 10 heteroatoms. The number of H-pyrrole nitrogens is 2. The summed E-state index contributed by atoms with van der Waals surface area (Å²) in [4.78, 5) is 41.4. The third kappa shape index (κ3) is 5.08. The Morgan fingerprint density at radius 1 is 0.630 bits per heavy atom. The summed E-state index contributed by atoms with van der Waals surface area (Å²) in [5.74, 6) is 0.582. The van der Waals surface area contributed by atoms with Crippen LogP contribution >= 0.6 is 0 Å². The van der Waals surface area contributed by atoms with Crippen molar-refractivity contribution in [1.82, 2.24) is 19.9 Å². The van der Waals surface area contributed by atoms with E-state index in [1.807, 2.05) is 12.1 Å². The molecule has 0 bridgehead atoms. The summed E-state index contributed by atoms with van der Waals surface area (Å²) >= 11 is 0. The molecule has 0 aliphatic rings. The number of nitrogens with zero attached hydrogens (tertiary/aromatic N) is 4. The summed E-state index contributed by atoms with van der Waals surface area (Å²) < 4.78 is 0. The van der Waals surface area contributed by atoms with Gasteiger partial charge in [-0.05, 0) is 66.7 Å². The zero-order valence-electron chi connectivity index (χ0n) is 24.0. The molecule has 46 heavy (non-hydrogen) atoms. The SMILES string of the molecule is N#Cc1c[nH]c2c(C(=O)c3ccc(Nc4ccnc(Nc5ccc(C(=O)c6cccc7c(C#N)c[nH]c67)cc5)n4)cc3)cccc12. The van der Waals surface area contributed by atoms with E-state index in [-0.39, 0.29) is 11.6 Å². The molecule has 218 valence electrons. The molecular formula is C36H22N8O2. The van der Waals surface area contributed by atoms with Gasteiger partial charge in [0.05, 0.1) is 22.2 Å². The van der Waals surface area contributed by atoms with E-state index in [4.69, 9.17) is 0 Å². The van der Waals surface area contributed by atoms with Gasteiger partial charge in [-0.25, -0.2) is 4.98 Å². The number of carbonyl (C=O) groups is 2. The van der Waals surface area contributed by atoms with Crippen molar-refractivity contribution < 1.29 is 9.59 Å². The second-order valence-electron chi connectivity index (χ2n) is 10.4. The fraction of sp³-hybridized carbons (Fsp3) is 0. The lowest BCUT2D eigenvalue weighted by atomic mass is 10.0. The van der Waals surface area contributed by atoms with E-state index in [9.17, 15) is 20.1 Å². The van der Waals surface area contributed by atoms with Gasteiger partial charge in [0.15, 0.2) is 11.6 Å². The first-order valence-corrected chi connectivity index (χ1v) is 14.2. The van der Waals surface area contributed by atoms with Crippen LogP contribution < -0.4 is 10.6 Å². The Bertz CT molecular complexity index is 2210. The number of fused-ring (bicyclic) bond motifs is 2. The Morgan fingerprint density at radius 3 is 1.63 bits per heavy atom. The number of rotatable bonds is 8. The van der Waals surface area contributed by atoms with Crippen LogP contribution in [-0.4, -0.2) is 31.5 Å². The maximum absolute atomic E-state index is 13.3. The van der Waals surface area contributed by atoms with Gasteiger partial charge in [-0.1, -0.05) is 24.3 Å². The fourth-order valence-electron chi connectivity index (χ4n) is 5.36. The molecule has 0 radical (unpaired) electrons. The minimum absolute atomic E-state index is 0.154. The van der Waals surface area contributed by atoms with Crippen LogP contribution in [0.1, 0.15) is 43.0 Å². The molecule has 0 aliphatic carbocycles. The number of nitriles is 2. The molecule has 0 amide bonds. The summed E-state index contributed by atoms with van der Waals surface area (Å²) in [6.45, 7) is 0. The van der Waals surface area contributed by atoms with Crippen LogP contribution in [0.15, 0.2) is 110 Å². The van der Waals surface area contributed by atoms with Crippen LogP contribution in [0.2, 0.25) is 0 Å². The highest BCUT2D eigenvalue weighted by molar-refractivity contribution is 6.17. The number of ketones is 2. The van der Waals surface area contributed by atoms with Gasteiger partial charge in [0.2, 0.25) is 5.95 Å². The van der Waals surface area contributed by atoms with Crippen molar-refractivity contribution in [3.63, 3.8) is 0 Å². The number of para-hydroxylation sites is 2. The van der Waals surface area contributed by atoms with Gasteiger partial charge in [-0.15, -0.1) is 0 Å². The lowest BCUT2D eigenvalue weighted by Crippen LogP contribution is -2.04. The third-order valence-corrected chi connectivity index (χ3v) is 7.64. The van der Waals surface area contributed by atoms with Gasteiger partial charge in [0.1, 0.15) is 18.0 Å². The van der Waals surface area contributed by atoms with E-state index < -0.39 is 0 Å². The Hall–Kier alpha value is -7.04. The van der Waals surface area contributed by atoms with E-state index in [0.717, 1.165) is 5.69 Å². The molecule has 4 N–H and O–H groups in total. The van der Waals surface area contributed by atoms with Crippen LogP contribution in [0.4, 0.5) is 23.1 Å². The first kappa shape index (κ1) is 27.8. The normalized spacial score (nSPS) is 10.7. The molecule has 7 aromatic rings. The minimum Gasteiger partial charge on any atom is -0.359 e. The van der Waals surface area contributed by atoms with Crippen molar-refractivity contribution in [3.05, 3.63) is 143 Å². The second-order valence-corrected chi connectivity index (χ2v) is 10.4. The van der Waals surface area contributed by atoms with Gasteiger partial charge >= 0.3 is 0 Å². The van der Waals surface area contributed by atoms with Gasteiger partial charge in [0.25, 0.3) is 0 Å². The van der Waals surface area contributed by atoms with Crippen LogP contribution in [0.25, 0.3) is 21.8 Å². The predicted molar refractivity (Wildman–Crippen MR) is 174 cm³/mol. The van der Waals surface area contributed by atoms with Crippen LogP contribution in [-0.2, 0) is 0 Å². The van der Waals surface area contributed by atoms with E-state index in [0.29, 0.717) is 72.6 Å². The highest BCUT2D eigenvalue weighted by Gasteiger charge is 2.17. The molecular weight excluding hydrogens is 576 g/mol. The number of hydrogen-bond donors (Lipinski definition) is 4. The van der Waals surface area contributed by atoms with Crippen molar-refractivity contribution in [2.75, 3.05) is 10.6 Å². The van der Waals surface area contributed by atoms with Crippen molar-refractivity contribution in [2.45, 2.75) is 0 Å². The molecule has 0 saturated heterocycles. The third-order valence-electron chi connectivity index (χ3n) is 7.64. The van der Waals surface area contributed by atoms with Crippen molar-refractivity contribution >= 4 is 56.5 Å². The molecule has 4 aromatic carbocycles. The number of benzene rings is 4. The molecule has 3 heterocycles. The number of aromatic amines is 2. The summed E-state index contributed by atoms with van der Waals surface area (Å²) in [7, 11) is 0. The van der Waals surface area contributed by atoms with E-state index >= 15 is 0 Å². The first-order chi connectivity index (χ1) is 22.5. The average molecular weight is 599 g/mol. The standard InChI is InChI=1S/C36H22N8O2/c37-17-23-19-40-32-27(23)3-1-5-29(32)34(45)21-7-11-25(12-8-21)42-31-15-16-39-36(44-31)43-26-13-9-22(10-14-26)35(46)30-6-2-4-28-24(18-38)20-41-33(28)30/h1-16,19-20,40-41H,(H2,39,42,43,44). The number of hydrogen-bond acceptors (Lipinski definition) is 8. The molecule has 0 unspecified atom stereocenters. The van der Waals surface area contributed by atoms with Crippen molar-refractivity contribution in [3.8, 4) is 12.1 Å². The number of anilines is 4. The number of aromatic nitrogens is 4. The van der Waals surface area contributed by atoms with Crippen molar-refractivity contribution in [1.29, 1.82) is 10.5 Å². The van der Waals surface area contributed by atoms with Gasteiger partial charge in [-0.2, -0.15) is 15.5 Å². The number of carbonyl (C=O) groups excluding carboxylic acids is 2. The van der Waals surface area contributed by atoms with Crippen LogP contribution in [0.5, 0.6) is 0 Å². The summed E-state index contributed by atoms with van der Waals surface area (Å²) in [6, 6.07) is 30.7. The maximum Gasteiger partial charge on any atom is 0.229 e. The molecule has 10 nitrogen and oxygen atoms in total. The zero-order valence-corrected chi connectivity index (χ0v) is 24.0. The van der Waals surface area contributed by atoms with Gasteiger partial charge in [0, 0.05) is 63.0 Å². The lowest BCUT2D eigenvalue weighted by molar-refractivity contribution is 0.103. The van der Waals surface area contributed by atoms with E-state index in [1.54, 1.807) is 97.5 Å². The van der Waals surface area contributed by atoms with Crippen molar-refractivity contribution in [2.24, 2.45) is 0 Å². The van der Waals surface area contributed by atoms with Gasteiger partial charge < -0.3 is 20.6 Å². The van der Waals surface area contributed by atoms with Gasteiger partial charge in [-0.3, -0.25) is 9.59 Å². The Labute approximate surface area is 262 Å². The topological polar surface area (TPSA) is 163 Å². The molecule has 0 spiro atoms. The van der Waals surface area contributed by atoms with Crippen LogP contribution in [0, 0.1) is 22.7 Å². The smallest absolute Gasteiger partial charge is 0.229 e. The predicted octanol–water partition coefficient (Wildman–Crippen LogP) is 7.13. The minimum atomic E-state index is -0.159. The molecule has 0 fully saturated rings. The Kier molecular flexibility index (Phi) is 6.98. The summed E-state index contributed by atoms with van der Waals surface area (Å²) in [5, 5.41) is 26.4. The molecule has 3 aromatic heterocycles. The maximum atomic E-state index is 13.3. The summed E-state index contributed by atoms with van der Waals surface area (Å²) in [6.07, 6.45) is 4.83. The molecule has 0 atom stereocenters. The lowest BCUT2D eigenvalue weighted by Gasteiger charge is -2.10. The zero-order chi connectivity index (χ0) is 31.6. The Balaban J connectivity index is 1.03. The monoisotopic (exact) mass is 598 g/mol. The highest BCUT2D eigenvalue weighted by atomic mass is 16.1. The van der Waals surface area contributed by atoms with E-state index in [1.165, 1.54) is 0 Å². The summed E-state index contributed by atoms with van der Waals surface area (Å²) in [5.41, 5.74) is 5.68.